The van der Waals surface area contributed by atoms with Crippen LogP contribution in [0.15, 0.2) is 42.1 Å². The van der Waals surface area contributed by atoms with Crippen molar-refractivity contribution < 1.29 is 14.7 Å². The molecular weight excluding hydrogens is 268 g/mol. The third-order valence-corrected chi connectivity index (χ3v) is 3.86. The first-order valence-corrected chi connectivity index (χ1v) is 7.11. The van der Waals surface area contributed by atoms with Gasteiger partial charge in [0.05, 0.1) is 0 Å². The summed E-state index contributed by atoms with van der Waals surface area (Å²) in [4.78, 5) is 26.1. The standard InChI is InChI=1S/C16H18N2O3/c1-16(21)10-9-13(15(20)18(16)12-7-8-12)17-14(19)11-5-3-2-4-6-11/h2-6,9,12,21H,7-8,10H2,1H3,(H,17,19). The molecule has 1 atom stereocenters. The molecule has 0 radical (unpaired) electrons. The Morgan fingerprint density at radius 2 is 2.00 bits per heavy atom. The van der Waals surface area contributed by atoms with Crippen molar-refractivity contribution in [2.75, 3.05) is 0 Å². The predicted octanol–water partition coefficient (Wildman–Crippen LogP) is 1.40. The van der Waals surface area contributed by atoms with E-state index in [0.29, 0.717) is 12.0 Å². The topological polar surface area (TPSA) is 69.6 Å². The lowest BCUT2D eigenvalue weighted by Gasteiger charge is -2.40. The van der Waals surface area contributed by atoms with E-state index in [2.05, 4.69) is 5.32 Å². The molecule has 5 nitrogen and oxygen atoms in total. The van der Waals surface area contributed by atoms with Gasteiger partial charge in [-0.2, -0.15) is 0 Å². The first-order chi connectivity index (χ1) is 9.99. The third-order valence-electron chi connectivity index (χ3n) is 3.86. The first kappa shape index (κ1) is 13.8. The SMILES string of the molecule is CC1(O)CC=C(NC(=O)c2ccccc2)C(=O)N1C1CC1. The van der Waals surface area contributed by atoms with Crippen LogP contribution < -0.4 is 5.32 Å². The second-order valence-corrected chi connectivity index (χ2v) is 5.77. The number of hydrogen-bond donors (Lipinski definition) is 2. The molecule has 0 bridgehead atoms. The molecule has 5 heteroatoms. The van der Waals surface area contributed by atoms with E-state index >= 15 is 0 Å². The normalized spacial score (nSPS) is 25.5. The molecular formula is C16H18N2O3. The molecule has 1 aromatic rings. The van der Waals surface area contributed by atoms with Crippen LogP contribution in [0.1, 0.15) is 36.5 Å². The molecule has 110 valence electrons. The molecule has 3 rings (SSSR count). The Morgan fingerprint density at radius 1 is 1.33 bits per heavy atom. The minimum absolute atomic E-state index is 0.0878. The van der Waals surface area contributed by atoms with Gasteiger partial charge in [0.2, 0.25) is 0 Å². The summed E-state index contributed by atoms with van der Waals surface area (Å²) in [5.74, 6) is -0.620. The van der Waals surface area contributed by atoms with E-state index in [9.17, 15) is 14.7 Å². The van der Waals surface area contributed by atoms with Crippen LogP contribution in [0.25, 0.3) is 0 Å². The summed E-state index contributed by atoms with van der Waals surface area (Å²) < 4.78 is 0. The van der Waals surface area contributed by atoms with Crippen LogP contribution in [-0.2, 0) is 4.79 Å². The lowest BCUT2D eigenvalue weighted by Crippen LogP contribution is -2.55. The van der Waals surface area contributed by atoms with Crippen molar-refractivity contribution in [2.45, 2.75) is 38.0 Å². The molecule has 1 fully saturated rings. The zero-order chi connectivity index (χ0) is 15.0. The van der Waals surface area contributed by atoms with Crippen LogP contribution in [0.3, 0.4) is 0 Å². The zero-order valence-electron chi connectivity index (χ0n) is 11.9. The van der Waals surface area contributed by atoms with Gasteiger partial charge in [0.25, 0.3) is 11.8 Å². The number of amides is 2. The third kappa shape index (κ3) is 2.69. The second-order valence-electron chi connectivity index (χ2n) is 5.77. The fourth-order valence-electron chi connectivity index (χ4n) is 2.61. The average Bonchev–Trinajstić information content (AvgIpc) is 3.27. The number of carbonyl (C=O) groups excluding carboxylic acids is 2. The monoisotopic (exact) mass is 286 g/mol. The van der Waals surface area contributed by atoms with Crippen molar-refractivity contribution in [3.8, 4) is 0 Å². The molecule has 0 spiro atoms. The Balaban J connectivity index is 1.78. The fraction of sp³-hybridized carbons (Fsp3) is 0.375. The van der Waals surface area contributed by atoms with Crippen LogP contribution in [0, 0.1) is 0 Å². The van der Waals surface area contributed by atoms with Crippen molar-refractivity contribution in [1.29, 1.82) is 0 Å². The van der Waals surface area contributed by atoms with Crippen molar-refractivity contribution in [2.24, 2.45) is 0 Å². The van der Waals surface area contributed by atoms with Crippen LogP contribution >= 0.6 is 0 Å². The van der Waals surface area contributed by atoms with Crippen LogP contribution in [0.2, 0.25) is 0 Å². The highest BCUT2D eigenvalue weighted by Gasteiger charge is 2.46. The number of nitrogens with zero attached hydrogens (tertiary/aromatic N) is 1. The molecule has 1 aromatic carbocycles. The molecule has 2 amide bonds. The first-order valence-electron chi connectivity index (χ1n) is 7.11. The lowest BCUT2D eigenvalue weighted by molar-refractivity contribution is -0.156. The second kappa shape index (κ2) is 5.00. The number of aliphatic hydroxyl groups is 1. The molecule has 1 aliphatic heterocycles. The maximum absolute atomic E-state index is 12.5. The Kier molecular flexibility index (Phi) is 3.29. The number of nitrogens with one attached hydrogen (secondary N) is 1. The van der Waals surface area contributed by atoms with E-state index in [-0.39, 0.29) is 23.6 Å². The van der Waals surface area contributed by atoms with Gasteiger partial charge >= 0.3 is 0 Å². The molecule has 2 aliphatic rings. The van der Waals surface area contributed by atoms with E-state index in [0.717, 1.165) is 12.8 Å². The highest BCUT2D eigenvalue weighted by atomic mass is 16.3. The Morgan fingerprint density at radius 3 is 2.62 bits per heavy atom. The number of benzene rings is 1. The molecule has 1 unspecified atom stereocenters. The van der Waals surface area contributed by atoms with E-state index in [1.54, 1.807) is 37.3 Å². The van der Waals surface area contributed by atoms with Crippen LogP contribution in [0.4, 0.5) is 0 Å². The van der Waals surface area contributed by atoms with E-state index < -0.39 is 5.72 Å². The molecule has 21 heavy (non-hydrogen) atoms. The number of rotatable bonds is 3. The van der Waals surface area contributed by atoms with Gasteiger partial charge in [-0.05, 0) is 31.9 Å². The Labute approximate surface area is 123 Å². The largest absolute Gasteiger partial charge is 0.371 e. The minimum Gasteiger partial charge on any atom is -0.371 e. The Bertz CT molecular complexity index is 603. The van der Waals surface area contributed by atoms with E-state index in [1.165, 1.54) is 4.90 Å². The highest BCUT2D eigenvalue weighted by Crippen LogP contribution is 2.36. The predicted molar refractivity (Wildman–Crippen MR) is 77.1 cm³/mol. The summed E-state index contributed by atoms with van der Waals surface area (Å²) in [5, 5.41) is 13.0. The summed E-state index contributed by atoms with van der Waals surface area (Å²) in [6, 6.07) is 8.84. The zero-order valence-corrected chi connectivity index (χ0v) is 11.9. The van der Waals surface area contributed by atoms with Crippen molar-refractivity contribution in [3.63, 3.8) is 0 Å². The van der Waals surface area contributed by atoms with Gasteiger partial charge in [-0.3, -0.25) is 9.59 Å². The smallest absolute Gasteiger partial charge is 0.272 e. The molecule has 0 saturated heterocycles. The summed E-state index contributed by atoms with van der Waals surface area (Å²) >= 11 is 0. The Hall–Kier alpha value is -2.14. The van der Waals surface area contributed by atoms with Crippen molar-refractivity contribution in [3.05, 3.63) is 47.7 Å². The minimum atomic E-state index is -1.17. The van der Waals surface area contributed by atoms with Gasteiger partial charge in [0.1, 0.15) is 11.4 Å². The molecule has 1 aliphatic carbocycles. The van der Waals surface area contributed by atoms with E-state index in [1.807, 2.05) is 6.07 Å². The van der Waals surface area contributed by atoms with Gasteiger partial charge in [-0.15, -0.1) is 0 Å². The van der Waals surface area contributed by atoms with Gasteiger partial charge in [-0.25, -0.2) is 0 Å². The lowest BCUT2D eigenvalue weighted by atomic mass is 10.0. The molecule has 0 aromatic heterocycles. The summed E-state index contributed by atoms with van der Waals surface area (Å²) in [6.07, 6.45) is 3.73. The number of hydrogen-bond acceptors (Lipinski definition) is 3. The van der Waals surface area contributed by atoms with E-state index in [4.69, 9.17) is 0 Å². The van der Waals surface area contributed by atoms with Crippen molar-refractivity contribution >= 4 is 11.8 Å². The summed E-state index contributed by atoms with van der Waals surface area (Å²) in [5.41, 5.74) is -0.414. The van der Waals surface area contributed by atoms with Gasteiger partial charge < -0.3 is 15.3 Å². The van der Waals surface area contributed by atoms with Crippen molar-refractivity contribution in [1.82, 2.24) is 10.2 Å². The quantitative estimate of drug-likeness (QED) is 0.882. The fourth-order valence-corrected chi connectivity index (χ4v) is 2.61. The van der Waals surface area contributed by atoms with Gasteiger partial charge in [-0.1, -0.05) is 24.3 Å². The van der Waals surface area contributed by atoms with Crippen LogP contribution in [-0.4, -0.2) is 33.6 Å². The summed E-state index contributed by atoms with van der Waals surface area (Å²) in [7, 11) is 0. The van der Waals surface area contributed by atoms with Gasteiger partial charge in [0, 0.05) is 18.0 Å². The van der Waals surface area contributed by atoms with Crippen LogP contribution in [0.5, 0.6) is 0 Å². The van der Waals surface area contributed by atoms with Gasteiger partial charge in [0.15, 0.2) is 0 Å². The number of carbonyl (C=O) groups is 2. The molecule has 2 N–H and O–H groups in total. The highest BCUT2D eigenvalue weighted by molar-refractivity contribution is 6.03. The maximum atomic E-state index is 12.5. The average molecular weight is 286 g/mol. The molecule has 1 heterocycles. The summed E-state index contributed by atoms with van der Waals surface area (Å²) in [6.45, 7) is 1.63. The molecule has 1 saturated carbocycles. The maximum Gasteiger partial charge on any atom is 0.272 e.